The molecular formula is C44H46N2O11. The average molecular weight is 779 g/mol. The fourth-order valence-electron chi connectivity index (χ4n) is 4.71. The minimum absolute atomic E-state index is 0.202. The first-order valence-electron chi connectivity index (χ1n) is 18.3. The summed E-state index contributed by atoms with van der Waals surface area (Å²) >= 11 is 0. The van der Waals surface area contributed by atoms with Crippen molar-refractivity contribution in [1.82, 2.24) is 0 Å². The Morgan fingerprint density at radius 1 is 0.596 bits per heavy atom. The summed E-state index contributed by atoms with van der Waals surface area (Å²) in [5.74, 6) is 1.25. The van der Waals surface area contributed by atoms with Crippen LogP contribution in [0.4, 0.5) is 0 Å². The normalized spacial score (nSPS) is 10.8. The molecule has 4 aromatic carbocycles. The number of nitrogens with zero attached hydrogens (tertiary/aromatic N) is 2. The highest BCUT2D eigenvalue weighted by molar-refractivity contribution is 5.91. The summed E-state index contributed by atoms with van der Waals surface area (Å²) in [6.07, 6.45) is 8.26. The van der Waals surface area contributed by atoms with Gasteiger partial charge in [-0.1, -0.05) is 25.3 Å². The third kappa shape index (κ3) is 16.3. The van der Waals surface area contributed by atoms with E-state index in [0.29, 0.717) is 80.9 Å². The molecule has 57 heavy (non-hydrogen) atoms. The van der Waals surface area contributed by atoms with Crippen LogP contribution in [0.25, 0.3) is 0 Å². The van der Waals surface area contributed by atoms with Crippen LogP contribution in [0.2, 0.25) is 0 Å². The molecule has 298 valence electrons. The maximum Gasteiger partial charge on any atom is 0.343 e. The van der Waals surface area contributed by atoms with Crippen molar-refractivity contribution in [2.75, 3.05) is 33.0 Å². The Bertz CT molecular complexity index is 1940. The van der Waals surface area contributed by atoms with Gasteiger partial charge in [-0.05, 0) is 128 Å². The van der Waals surface area contributed by atoms with Crippen LogP contribution in [0, 0.1) is 0 Å². The molecule has 0 aliphatic carbocycles. The number of esters is 3. The third-order valence-corrected chi connectivity index (χ3v) is 7.66. The van der Waals surface area contributed by atoms with E-state index in [1.165, 1.54) is 0 Å². The topological polar surface area (TPSA) is 150 Å². The highest BCUT2D eigenvalue weighted by atomic mass is 17.2. The number of rotatable bonds is 25. The van der Waals surface area contributed by atoms with Crippen molar-refractivity contribution >= 4 is 30.3 Å². The Morgan fingerprint density at radius 3 is 1.70 bits per heavy atom. The lowest BCUT2D eigenvalue weighted by atomic mass is 10.2. The predicted octanol–water partition coefficient (Wildman–Crippen LogP) is 8.04. The van der Waals surface area contributed by atoms with E-state index < -0.39 is 17.9 Å². The summed E-state index contributed by atoms with van der Waals surface area (Å²) in [4.78, 5) is 45.8. The van der Waals surface area contributed by atoms with Gasteiger partial charge in [0.1, 0.15) is 23.9 Å². The number of ether oxygens (including phenoxy) is 6. The van der Waals surface area contributed by atoms with Crippen LogP contribution in [0.3, 0.4) is 0 Å². The average Bonchev–Trinajstić information content (AvgIpc) is 3.23. The van der Waals surface area contributed by atoms with Crippen LogP contribution in [-0.4, -0.2) is 63.4 Å². The smallest absolute Gasteiger partial charge is 0.343 e. The summed E-state index contributed by atoms with van der Waals surface area (Å²) in [6.45, 7) is 10.8. The molecule has 0 fully saturated rings. The molecule has 0 aliphatic heterocycles. The molecule has 0 atom stereocenters. The lowest BCUT2D eigenvalue weighted by Crippen LogP contribution is -2.08. The lowest BCUT2D eigenvalue weighted by Gasteiger charge is -2.11. The van der Waals surface area contributed by atoms with E-state index in [0.717, 1.165) is 41.0 Å². The minimum Gasteiger partial charge on any atom is -0.494 e. The highest BCUT2D eigenvalue weighted by Crippen LogP contribution is 2.29. The first-order valence-corrected chi connectivity index (χ1v) is 18.3. The predicted molar refractivity (Wildman–Crippen MR) is 214 cm³/mol. The van der Waals surface area contributed by atoms with Crippen molar-refractivity contribution in [3.8, 4) is 28.7 Å². The van der Waals surface area contributed by atoms with Crippen LogP contribution < -0.4 is 23.8 Å². The Morgan fingerprint density at radius 2 is 1.12 bits per heavy atom. The largest absolute Gasteiger partial charge is 0.494 e. The Kier molecular flexibility index (Phi) is 18.6. The summed E-state index contributed by atoms with van der Waals surface area (Å²) in [5, 5.41) is 8.28. The second-order valence-electron chi connectivity index (χ2n) is 12.0. The molecule has 0 saturated heterocycles. The van der Waals surface area contributed by atoms with E-state index >= 15 is 0 Å². The molecule has 0 aliphatic rings. The lowest BCUT2D eigenvalue weighted by molar-refractivity contribution is -0.218. The molecule has 0 aromatic heterocycles. The standard InChI is InChI=1S/C44H46N2O11/c1-4-42(47)53-27-9-7-25-51-37-18-13-34(14-19-37)32-55-57-40-24-15-35(29-41(40)50-6-3)31-46-45-30-33-11-20-39(21-12-33)56-44(49)36-16-22-38(23-17-36)52-26-8-10-28-54-43(48)5-2/h4-5,11-24,29-31H,1-2,6-10,25-28,32H2,3H3. The summed E-state index contributed by atoms with van der Waals surface area (Å²) < 4.78 is 32.5. The maximum absolute atomic E-state index is 12.6. The van der Waals surface area contributed by atoms with Gasteiger partial charge < -0.3 is 33.3 Å². The Hall–Kier alpha value is -6.73. The van der Waals surface area contributed by atoms with Gasteiger partial charge in [-0.15, -0.1) is 0 Å². The van der Waals surface area contributed by atoms with Gasteiger partial charge in [-0.3, -0.25) is 0 Å². The number of benzene rings is 4. The molecule has 0 saturated carbocycles. The van der Waals surface area contributed by atoms with E-state index in [4.69, 9.17) is 38.2 Å². The molecule has 0 N–H and O–H groups in total. The minimum atomic E-state index is -0.501. The van der Waals surface area contributed by atoms with Crippen molar-refractivity contribution < 1.29 is 52.6 Å². The molecule has 4 rings (SSSR count). The molecule has 0 radical (unpaired) electrons. The van der Waals surface area contributed by atoms with Crippen LogP contribution >= 0.6 is 0 Å². The van der Waals surface area contributed by atoms with Gasteiger partial charge in [-0.2, -0.15) is 15.1 Å². The highest BCUT2D eigenvalue weighted by Gasteiger charge is 2.10. The molecule has 4 aromatic rings. The van der Waals surface area contributed by atoms with Gasteiger partial charge in [0, 0.05) is 12.2 Å². The number of hydrogen-bond donors (Lipinski definition) is 0. The zero-order valence-electron chi connectivity index (χ0n) is 31.8. The fraction of sp³-hybridized carbons (Fsp3) is 0.250. The van der Waals surface area contributed by atoms with Crippen molar-refractivity contribution in [3.63, 3.8) is 0 Å². The number of hydrogen-bond acceptors (Lipinski definition) is 13. The summed E-state index contributed by atoms with van der Waals surface area (Å²) in [7, 11) is 0. The molecule has 0 bridgehead atoms. The maximum atomic E-state index is 12.6. The van der Waals surface area contributed by atoms with E-state index in [9.17, 15) is 14.4 Å². The van der Waals surface area contributed by atoms with Crippen LogP contribution in [-0.2, 0) is 30.6 Å². The number of carbonyl (C=O) groups excluding carboxylic acids is 3. The summed E-state index contributed by atoms with van der Waals surface area (Å²) in [5.41, 5.74) is 2.76. The molecule has 0 amide bonds. The van der Waals surface area contributed by atoms with Gasteiger partial charge >= 0.3 is 17.9 Å². The van der Waals surface area contributed by atoms with Crippen LogP contribution in [0.5, 0.6) is 28.7 Å². The monoisotopic (exact) mass is 778 g/mol. The second-order valence-corrected chi connectivity index (χ2v) is 12.0. The van der Waals surface area contributed by atoms with Crippen LogP contribution in [0.1, 0.15) is 59.7 Å². The molecule has 13 heteroatoms. The molecule has 13 nitrogen and oxygen atoms in total. The van der Waals surface area contributed by atoms with Crippen molar-refractivity contribution in [3.05, 3.63) is 139 Å². The van der Waals surface area contributed by atoms with Gasteiger partial charge in [-0.25, -0.2) is 14.4 Å². The molecule has 0 unspecified atom stereocenters. The van der Waals surface area contributed by atoms with E-state index in [-0.39, 0.29) is 6.61 Å². The van der Waals surface area contributed by atoms with E-state index in [1.54, 1.807) is 79.2 Å². The van der Waals surface area contributed by atoms with E-state index in [1.807, 2.05) is 31.2 Å². The van der Waals surface area contributed by atoms with Crippen molar-refractivity contribution in [2.45, 2.75) is 39.2 Å². The SMILES string of the molecule is C=CC(=O)OCCCCOc1ccc(COOc2ccc(C=NN=Cc3ccc(OC(=O)c4ccc(OCCCCOC(=O)C=C)cc4)cc3)cc2OCC)cc1. The Balaban J connectivity index is 1.17. The molecule has 0 spiro atoms. The number of unbranched alkanes of at least 4 members (excludes halogenated alkanes) is 2. The first-order chi connectivity index (χ1) is 27.9. The fourth-order valence-corrected chi connectivity index (χ4v) is 4.71. The molecular weight excluding hydrogens is 732 g/mol. The van der Waals surface area contributed by atoms with Crippen molar-refractivity contribution in [2.24, 2.45) is 10.2 Å². The molecule has 0 heterocycles. The second kappa shape index (κ2) is 24.6. The quantitative estimate of drug-likeness (QED) is 0.0122. The third-order valence-electron chi connectivity index (χ3n) is 7.66. The number of carbonyl (C=O) groups is 3. The van der Waals surface area contributed by atoms with Crippen molar-refractivity contribution in [1.29, 1.82) is 0 Å². The zero-order valence-corrected chi connectivity index (χ0v) is 31.8. The van der Waals surface area contributed by atoms with Gasteiger partial charge in [0.15, 0.2) is 5.75 Å². The Labute approximate surface area is 332 Å². The van der Waals surface area contributed by atoms with Gasteiger partial charge in [0.25, 0.3) is 0 Å². The van der Waals surface area contributed by atoms with E-state index in [2.05, 4.69) is 23.4 Å². The zero-order chi connectivity index (χ0) is 40.5. The summed E-state index contributed by atoms with van der Waals surface area (Å²) in [6, 6.07) is 26.3. The van der Waals surface area contributed by atoms with Crippen LogP contribution in [0.15, 0.2) is 127 Å². The van der Waals surface area contributed by atoms with Gasteiger partial charge in [0.05, 0.1) is 51.0 Å². The first kappa shape index (κ1) is 43.0. The van der Waals surface area contributed by atoms with Gasteiger partial charge in [0.2, 0.25) is 5.75 Å².